The zero-order chi connectivity index (χ0) is 44.6. The Morgan fingerprint density at radius 1 is 0.590 bits per heavy atom. The number of hydrogen-bond donors (Lipinski definition) is 11. The molecular weight excluding hydrogens is 787 g/mol. The predicted molar refractivity (Wildman–Crippen MR) is 228 cm³/mol. The molecule has 0 fully saturated rings. The van der Waals surface area contributed by atoms with E-state index in [1.807, 2.05) is 6.07 Å². The van der Waals surface area contributed by atoms with Crippen molar-refractivity contribution in [1.82, 2.24) is 42.5 Å². The molecule has 3 rings (SSSR count). The van der Waals surface area contributed by atoms with E-state index in [4.69, 9.17) is 11.5 Å². The number of carbonyl (C=O) groups excluding carboxylic acids is 7. The van der Waals surface area contributed by atoms with Crippen molar-refractivity contribution in [1.29, 1.82) is 0 Å². The van der Waals surface area contributed by atoms with Crippen LogP contribution in [-0.2, 0) is 52.8 Å². The Bertz CT molecular complexity index is 1920. The standard InChI is InChI=1S/C42H57N11O8/c1-45-42(46-2)47-20-12-19-30(38(58)51-31(37(44)57)21-27-13-6-3-7-14-27)50-40(60)33(23-29-17-10-5-11-18-29)52-41(61)34(26-54)53-39(59)32(22-28-15-8-4-9-16-28)49-36(56)25-48-35(55)24-43/h3-11,13-18,30-34,54H,12,19-26,43H2,1-2H3,(H2,44,57)(H,48,55)(H,49,56)(H,50,60)(H,51,58)(H,52,61)(H,53,59)(H2,45,46,47)/t30-,31-,32-,33-,34-/m0/s1. The number of carbonyl (C=O) groups is 7. The van der Waals surface area contributed by atoms with Gasteiger partial charge in [0.1, 0.15) is 30.2 Å². The SMILES string of the molecule is CN=C(NC)NCCC[C@H](NC(=O)[C@H](Cc1ccccc1)NC(=O)[C@H](CO)NC(=O)[C@H](Cc1ccccc1)NC(=O)CNC(=O)CN)C(=O)N[C@@H](Cc1ccccc1)C(N)=O. The van der Waals surface area contributed by atoms with Gasteiger partial charge in [-0.15, -0.1) is 0 Å². The van der Waals surface area contributed by atoms with E-state index in [0.29, 0.717) is 30.1 Å². The molecule has 0 aliphatic rings. The number of aliphatic hydroxyl groups excluding tert-OH is 1. The summed E-state index contributed by atoms with van der Waals surface area (Å²) in [5.41, 5.74) is 13.0. The third kappa shape index (κ3) is 17.5. The third-order valence-electron chi connectivity index (χ3n) is 9.30. The van der Waals surface area contributed by atoms with Gasteiger partial charge in [-0.05, 0) is 29.5 Å². The molecule has 0 aliphatic carbocycles. The summed E-state index contributed by atoms with van der Waals surface area (Å²) in [6, 6.07) is 19.9. The Hall–Kier alpha value is -6.86. The number of hydrogen-bond acceptors (Lipinski definition) is 10. The van der Waals surface area contributed by atoms with Gasteiger partial charge in [0.15, 0.2) is 5.96 Å². The summed E-state index contributed by atoms with van der Waals surface area (Å²) in [5, 5.41) is 31.6. The quantitative estimate of drug-likeness (QED) is 0.0250. The maximum atomic E-state index is 14.2. The molecule has 0 saturated heterocycles. The number of aliphatic hydroxyl groups is 1. The van der Waals surface area contributed by atoms with E-state index >= 15 is 0 Å². The largest absolute Gasteiger partial charge is 0.394 e. The maximum Gasteiger partial charge on any atom is 0.245 e. The van der Waals surface area contributed by atoms with Crippen LogP contribution in [0.1, 0.15) is 29.5 Å². The molecule has 61 heavy (non-hydrogen) atoms. The van der Waals surface area contributed by atoms with Gasteiger partial charge >= 0.3 is 0 Å². The molecule has 19 heteroatoms. The molecule has 3 aromatic carbocycles. The fourth-order valence-corrected chi connectivity index (χ4v) is 6.03. The van der Waals surface area contributed by atoms with Crippen LogP contribution in [0.3, 0.4) is 0 Å². The molecule has 328 valence electrons. The average Bonchev–Trinajstić information content (AvgIpc) is 3.27. The van der Waals surface area contributed by atoms with Crippen molar-refractivity contribution in [2.45, 2.75) is 62.3 Å². The molecule has 0 spiro atoms. The molecular formula is C42H57N11O8. The van der Waals surface area contributed by atoms with Gasteiger partial charge in [-0.1, -0.05) is 91.0 Å². The lowest BCUT2D eigenvalue weighted by Gasteiger charge is -2.27. The molecule has 0 aliphatic heterocycles. The van der Waals surface area contributed by atoms with Gasteiger partial charge in [-0.25, -0.2) is 0 Å². The molecule has 0 radical (unpaired) electrons. The second kappa shape index (κ2) is 26.3. The van der Waals surface area contributed by atoms with Crippen LogP contribution >= 0.6 is 0 Å². The first-order chi connectivity index (χ1) is 29.4. The van der Waals surface area contributed by atoms with Crippen LogP contribution in [-0.4, -0.2) is 123 Å². The molecule has 7 amide bonds. The Morgan fingerprint density at radius 3 is 1.48 bits per heavy atom. The molecule has 5 atom stereocenters. The van der Waals surface area contributed by atoms with Crippen LogP contribution in [0.2, 0.25) is 0 Å². The van der Waals surface area contributed by atoms with E-state index in [-0.39, 0.29) is 32.2 Å². The Morgan fingerprint density at radius 2 is 1.02 bits per heavy atom. The van der Waals surface area contributed by atoms with Crippen molar-refractivity contribution in [3.05, 3.63) is 108 Å². The van der Waals surface area contributed by atoms with Crippen molar-refractivity contribution >= 4 is 47.3 Å². The minimum absolute atomic E-state index is 0.00943. The number of amides is 7. The van der Waals surface area contributed by atoms with Crippen LogP contribution in [0.15, 0.2) is 96.0 Å². The fourth-order valence-electron chi connectivity index (χ4n) is 6.03. The van der Waals surface area contributed by atoms with Crippen LogP contribution in [0, 0.1) is 0 Å². The van der Waals surface area contributed by atoms with Gasteiger partial charge in [0, 0.05) is 39.9 Å². The van der Waals surface area contributed by atoms with Crippen LogP contribution in [0.25, 0.3) is 0 Å². The summed E-state index contributed by atoms with van der Waals surface area (Å²) >= 11 is 0. The summed E-state index contributed by atoms with van der Waals surface area (Å²) in [6.07, 6.45) is 0.480. The number of nitrogens with zero attached hydrogens (tertiary/aromatic N) is 1. The molecule has 19 nitrogen and oxygen atoms in total. The zero-order valence-electron chi connectivity index (χ0n) is 34.3. The number of rotatable bonds is 24. The van der Waals surface area contributed by atoms with E-state index in [0.717, 1.165) is 5.56 Å². The highest BCUT2D eigenvalue weighted by Gasteiger charge is 2.32. The summed E-state index contributed by atoms with van der Waals surface area (Å²) in [4.78, 5) is 96.4. The summed E-state index contributed by atoms with van der Waals surface area (Å²) in [7, 11) is 3.28. The normalized spacial score (nSPS) is 13.5. The van der Waals surface area contributed by atoms with E-state index in [1.54, 1.807) is 99.0 Å². The highest BCUT2D eigenvalue weighted by atomic mass is 16.3. The van der Waals surface area contributed by atoms with Crippen LogP contribution in [0.4, 0.5) is 0 Å². The smallest absolute Gasteiger partial charge is 0.245 e. The number of nitrogens with two attached hydrogens (primary N) is 2. The number of benzene rings is 3. The molecule has 0 bridgehead atoms. The first kappa shape index (κ1) is 48.5. The topological polar surface area (TPSA) is 300 Å². The maximum absolute atomic E-state index is 14.2. The lowest BCUT2D eigenvalue weighted by Crippen LogP contribution is -2.60. The summed E-state index contributed by atoms with van der Waals surface area (Å²) in [6.45, 7) is -1.35. The highest BCUT2D eigenvalue weighted by Crippen LogP contribution is 2.09. The third-order valence-corrected chi connectivity index (χ3v) is 9.30. The van der Waals surface area contributed by atoms with Gasteiger partial charge in [0.25, 0.3) is 0 Å². The number of primary amides is 1. The second-order valence-electron chi connectivity index (χ2n) is 13.9. The molecule has 13 N–H and O–H groups in total. The fraction of sp³-hybridized carbons (Fsp3) is 0.381. The van der Waals surface area contributed by atoms with Crippen LogP contribution < -0.4 is 54.0 Å². The summed E-state index contributed by atoms with van der Waals surface area (Å²) in [5.74, 6) is -4.80. The van der Waals surface area contributed by atoms with Crippen molar-refractivity contribution < 1.29 is 38.7 Å². The second-order valence-corrected chi connectivity index (χ2v) is 13.9. The first-order valence-corrected chi connectivity index (χ1v) is 19.7. The average molecular weight is 844 g/mol. The van der Waals surface area contributed by atoms with Crippen molar-refractivity contribution in [3.8, 4) is 0 Å². The molecule has 0 saturated carbocycles. The lowest BCUT2D eigenvalue weighted by atomic mass is 10.0. The van der Waals surface area contributed by atoms with E-state index in [2.05, 4.69) is 47.5 Å². The Labute approximate surface area is 354 Å². The molecule has 0 unspecified atom stereocenters. The van der Waals surface area contributed by atoms with E-state index in [1.165, 1.54) is 0 Å². The molecule has 0 heterocycles. The van der Waals surface area contributed by atoms with Crippen molar-refractivity contribution in [2.75, 3.05) is 40.3 Å². The van der Waals surface area contributed by atoms with Gasteiger partial charge in [-0.2, -0.15) is 0 Å². The number of guanidine groups is 1. The van der Waals surface area contributed by atoms with E-state index < -0.39 is 84.7 Å². The lowest BCUT2D eigenvalue weighted by molar-refractivity contribution is -0.135. The predicted octanol–water partition coefficient (Wildman–Crippen LogP) is -2.73. The van der Waals surface area contributed by atoms with Gasteiger partial charge < -0.3 is 59.1 Å². The zero-order valence-corrected chi connectivity index (χ0v) is 34.3. The van der Waals surface area contributed by atoms with E-state index in [9.17, 15) is 38.7 Å². The minimum Gasteiger partial charge on any atom is -0.394 e. The highest BCUT2D eigenvalue weighted by molar-refractivity contribution is 5.97. The number of nitrogens with one attached hydrogen (secondary N) is 8. The number of aliphatic imine (C=N–C) groups is 1. The monoisotopic (exact) mass is 843 g/mol. The van der Waals surface area contributed by atoms with Gasteiger partial charge in [0.05, 0.1) is 19.7 Å². The van der Waals surface area contributed by atoms with Gasteiger partial charge in [-0.3, -0.25) is 38.6 Å². The van der Waals surface area contributed by atoms with Crippen molar-refractivity contribution in [2.24, 2.45) is 16.5 Å². The Kier molecular flexibility index (Phi) is 20.9. The minimum atomic E-state index is -1.59. The first-order valence-electron chi connectivity index (χ1n) is 19.7. The molecule has 0 aromatic heterocycles. The summed E-state index contributed by atoms with van der Waals surface area (Å²) < 4.78 is 0. The van der Waals surface area contributed by atoms with Gasteiger partial charge in [0.2, 0.25) is 41.4 Å². The Balaban J connectivity index is 1.84. The van der Waals surface area contributed by atoms with Crippen LogP contribution in [0.5, 0.6) is 0 Å². The van der Waals surface area contributed by atoms with Crippen molar-refractivity contribution in [3.63, 3.8) is 0 Å². The molecule has 3 aromatic rings.